The molecule has 2 aromatic rings. The molecule has 5 nitrogen and oxygen atoms in total. The summed E-state index contributed by atoms with van der Waals surface area (Å²) in [6, 6.07) is 6.69. The van der Waals surface area contributed by atoms with E-state index in [9.17, 15) is 17.9 Å². The van der Waals surface area contributed by atoms with Crippen LogP contribution in [-0.4, -0.2) is 25.1 Å². The first-order valence-corrected chi connectivity index (χ1v) is 7.79. The Kier molecular flexibility index (Phi) is 4.89. The van der Waals surface area contributed by atoms with Gasteiger partial charge in [0.15, 0.2) is 0 Å². The molecule has 2 rings (SSSR count). The quantitative estimate of drug-likeness (QED) is 0.877. The van der Waals surface area contributed by atoms with Crippen LogP contribution in [0.4, 0.5) is 4.39 Å². The van der Waals surface area contributed by atoms with Crippen LogP contribution in [0, 0.1) is 5.82 Å². The molecule has 112 valence electrons. The van der Waals surface area contributed by atoms with Gasteiger partial charge >= 0.3 is 0 Å². The van der Waals surface area contributed by atoms with Crippen LogP contribution in [0.2, 0.25) is 5.02 Å². The van der Waals surface area contributed by atoms with Crippen molar-refractivity contribution in [3.8, 4) is 0 Å². The summed E-state index contributed by atoms with van der Waals surface area (Å²) in [5.41, 5.74) is 0.493. The van der Waals surface area contributed by atoms with Crippen LogP contribution in [0.25, 0.3) is 0 Å². The topological polar surface area (TPSA) is 79.3 Å². The second kappa shape index (κ2) is 6.48. The smallest absolute Gasteiger partial charge is 0.245 e. The fourth-order valence-electron chi connectivity index (χ4n) is 1.70. The molecule has 0 fully saturated rings. The highest BCUT2D eigenvalue weighted by Crippen LogP contribution is 2.24. The minimum absolute atomic E-state index is 0.221. The van der Waals surface area contributed by atoms with E-state index in [4.69, 9.17) is 11.6 Å². The van der Waals surface area contributed by atoms with E-state index >= 15 is 0 Å². The Morgan fingerprint density at radius 2 is 1.95 bits per heavy atom. The molecule has 1 unspecified atom stereocenters. The molecule has 1 heterocycles. The molecule has 0 radical (unpaired) electrons. The Balaban J connectivity index is 2.16. The molecule has 0 spiro atoms. The Hall–Kier alpha value is -1.54. The number of nitrogens with zero attached hydrogens (tertiary/aromatic N) is 1. The fourth-order valence-corrected chi connectivity index (χ4v) is 3.34. The maximum Gasteiger partial charge on any atom is 0.245 e. The molecule has 0 bridgehead atoms. The summed E-state index contributed by atoms with van der Waals surface area (Å²) >= 11 is 5.72. The van der Waals surface area contributed by atoms with E-state index in [1.165, 1.54) is 24.5 Å². The highest BCUT2D eigenvalue weighted by atomic mass is 35.5. The zero-order valence-corrected chi connectivity index (χ0v) is 12.3. The zero-order valence-electron chi connectivity index (χ0n) is 10.7. The van der Waals surface area contributed by atoms with Gasteiger partial charge in [0.05, 0.1) is 11.1 Å². The first-order chi connectivity index (χ1) is 9.92. The van der Waals surface area contributed by atoms with Crippen LogP contribution < -0.4 is 4.72 Å². The van der Waals surface area contributed by atoms with Crippen LogP contribution in [0.15, 0.2) is 47.6 Å². The van der Waals surface area contributed by atoms with Gasteiger partial charge in [0.1, 0.15) is 10.7 Å². The van der Waals surface area contributed by atoms with Gasteiger partial charge in [0.25, 0.3) is 0 Å². The van der Waals surface area contributed by atoms with Crippen LogP contribution in [0.5, 0.6) is 0 Å². The lowest BCUT2D eigenvalue weighted by Crippen LogP contribution is -2.29. The van der Waals surface area contributed by atoms with E-state index in [1.807, 2.05) is 0 Å². The lowest BCUT2D eigenvalue weighted by atomic mass is 10.1. The van der Waals surface area contributed by atoms with E-state index < -0.39 is 26.8 Å². The number of hydrogen-bond donors (Lipinski definition) is 2. The second-order valence-corrected chi connectivity index (χ2v) is 6.31. The maximum atomic E-state index is 13.6. The number of rotatable bonds is 5. The summed E-state index contributed by atoms with van der Waals surface area (Å²) in [6.45, 7) is -0.309. The van der Waals surface area contributed by atoms with Crippen LogP contribution in [-0.2, 0) is 10.0 Å². The number of aliphatic hydroxyl groups excluding tert-OH is 1. The third kappa shape index (κ3) is 3.76. The van der Waals surface area contributed by atoms with Gasteiger partial charge in [0.2, 0.25) is 10.0 Å². The van der Waals surface area contributed by atoms with E-state index in [1.54, 1.807) is 12.1 Å². The highest BCUT2D eigenvalue weighted by molar-refractivity contribution is 7.89. The lowest BCUT2D eigenvalue weighted by Gasteiger charge is -2.13. The standard InChI is InChI=1S/C13H12ClFN2O3S/c14-10-2-1-3-11(15)13(10)21(19,20)17-8-12(18)9-4-6-16-7-5-9/h1-7,12,17-18H,8H2. The van der Waals surface area contributed by atoms with Gasteiger partial charge in [-0.1, -0.05) is 17.7 Å². The van der Waals surface area contributed by atoms with Crippen molar-refractivity contribution in [2.45, 2.75) is 11.0 Å². The van der Waals surface area contributed by atoms with Gasteiger partial charge in [-0.3, -0.25) is 4.98 Å². The molecule has 0 saturated carbocycles. The minimum atomic E-state index is -4.16. The van der Waals surface area contributed by atoms with Crippen molar-refractivity contribution in [1.82, 2.24) is 9.71 Å². The van der Waals surface area contributed by atoms with Crippen molar-refractivity contribution in [2.75, 3.05) is 6.54 Å². The van der Waals surface area contributed by atoms with Crippen LogP contribution in [0.1, 0.15) is 11.7 Å². The zero-order chi connectivity index (χ0) is 15.5. The Bertz CT molecular complexity index is 705. The van der Waals surface area contributed by atoms with Crippen molar-refractivity contribution < 1.29 is 17.9 Å². The number of pyridine rings is 1. The monoisotopic (exact) mass is 330 g/mol. The molecule has 2 N–H and O–H groups in total. The van der Waals surface area contributed by atoms with Gasteiger partial charge < -0.3 is 5.11 Å². The summed E-state index contributed by atoms with van der Waals surface area (Å²) in [6.07, 6.45) is 1.87. The summed E-state index contributed by atoms with van der Waals surface area (Å²) in [7, 11) is -4.16. The van der Waals surface area contributed by atoms with Gasteiger partial charge in [-0.25, -0.2) is 17.5 Å². The summed E-state index contributed by atoms with van der Waals surface area (Å²) < 4.78 is 39.9. The molecule has 1 aromatic heterocycles. The fraction of sp³-hybridized carbons (Fsp3) is 0.154. The molecule has 0 aliphatic heterocycles. The largest absolute Gasteiger partial charge is 0.387 e. The number of halogens is 2. The number of aromatic nitrogens is 1. The first kappa shape index (κ1) is 15.8. The molecule has 1 atom stereocenters. The lowest BCUT2D eigenvalue weighted by molar-refractivity contribution is 0.182. The van der Waals surface area contributed by atoms with E-state index in [0.717, 1.165) is 6.07 Å². The molecular weight excluding hydrogens is 319 g/mol. The predicted octanol–water partition coefficient (Wildman–Crippen LogP) is 1.89. The van der Waals surface area contributed by atoms with Gasteiger partial charge in [-0.2, -0.15) is 0 Å². The summed E-state index contributed by atoms with van der Waals surface area (Å²) in [5, 5.41) is 9.67. The number of hydrogen-bond acceptors (Lipinski definition) is 4. The number of benzene rings is 1. The molecule has 1 aromatic carbocycles. The molecule has 8 heteroatoms. The Morgan fingerprint density at radius 1 is 1.29 bits per heavy atom. The molecule has 0 saturated heterocycles. The first-order valence-electron chi connectivity index (χ1n) is 5.93. The Morgan fingerprint density at radius 3 is 2.57 bits per heavy atom. The van der Waals surface area contributed by atoms with Crippen molar-refractivity contribution >= 4 is 21.6 Å². The molecule has 0 aliphatic carbocycles. The van der Waals surface area contributed by atoms with Crippen molar-refractivity contribution in [3.05, 3.63) is 59.1 Å². The van der Waals surface area contributed by atoms with Crippen LogP contribution in [0.3, 0.4) is 0 Å². The molecule has 21 heavy (non-hydrogen) atoms. The van der Waals surface area contributed by atoms with Crippen molar-refractivity contribution in [3.63, 3.8) is 0 Å². The normalized spacial score (nSPS) is 13.1. The van der Waals surface area contributed by atoms with Crippen LogP contribution >= 0.6 is 11.6 Å². The second-order valence-electron chi connectivity index (χ2n) is 4.20. The van der Waals surface area contributed by atoms with Gasteiger partial charge in [-0.15, -0.1) is 0 Å². The highest BCUT2D eigenvalue weighted by Gasteiger charge is 2.23. The van der Waals surface area contributed by atoms with Gasteiger partial charge in [-0.05, 0) is 29.8 Å². The van der Waals surface area contributed by atoms with Crippen molar-refractivity contribution in [1.29, 1.82) is 0 Å². The SMILES string of the molecule is O=S(=O)(NCC(O)c1ccncc1)c1c(F)cccc1Cl. The molecule has 0 amide bonds. The molecule has 0 aliphatic rings. The third-order valence-corrected chi connectivity index (χ3v) is 4.67. The molecular formula is C13H12ClFN2O3S. The van der Waals surface area contributed by atoms with Crippen molar-refractivity contribution in [2.24, 2.45) is 0 Å². The third-order valence-electron chi connectivity index (χ3n) is 2.75. The minimum Gasteiger partial charge on any atom is -0.387 e. The number of sulfonamides is 1. The number of aliphatic hydroxyl groups is 1. The maximum absolute atomic E-state index is 13.6. The predicted molar refractivity (Wildman–Crippen MR) is 75.8 cm³/mol. The summed E-state index contributed by atoms with van der Waals surface area (Å²) in [5.74, 6) is -0.951. The average molecular weight is 331 g/mol. The van der Waals surface area contributed by atoms with E-state index in [2.05, 4.69) is 9.71 Å². The van der Waals surface area contributed by atoms with E-state index in [0.29, 0.717) is 5.56 Å². The average Bonchev–Trinajstić information content (AvgIpc) is 2.45. The summed E-state index contributed by atoms with van der Waals surface area (Å²) in [4.78, 5) is 3.16. The van der Waals surface area contributed by atoms with E-state index in [-0.39, 0.29) is 11.6 Å². The number of nitrogens with one attached hydrogen (secondary N) is 1. The Labute approximate surface area is 126 Å². The van der Waals surface area contributed by atoms with Gasteiger partial charge in [0, 0.05) is 18.9 Å².